The van der Waals surface area contributed by atoms with E-state index in [9.17, 15) is 19.2 Å². The summed E-state index contributed by atoms with van der Waals surface area (Å²) in [6, 6.07) is 31.9. The van der Waals surface area contributed by atoms with Crippen LogP contribution < -0.4 is 26.2 Å². The lowest BCUT2D eigenvalue weighted by molar-refractivity contribution is -0.114. The van der Waals surface area contributed by atoms with E-state index in [-0.39, 0.29) is 28.6 Å². The van der Waals surface area contributed by atoms with E-state index in [4.69, 9.17) is 4.74 Å². The number of para-hydroxylation sites is 1. The van der Waals surface area contributed by atoms with Gasteiger partial charge in [-0.3, -0.25) is 23.9 Å². The molecule has 1 aromatic heterocycles. The number of hydrogen-bond donors (Lipinski definition) is 3. The second-order valence-electron chi connectivity index (χ2n) is 10.4. The monoisotopic (exact) mass is 647 g/mol. The zero-order valence-electron chi connectivity index (χ0n) is 26.0. The van der Waals surface area contributed by atoms with Crippen LogP contribution in [0.25, 0.3) is 11.8 Å². The number of methoxy groups -OCH3 is 1. The minimum Gasteiger partial charge on any atom is -0.497 e. The number of ether oxygens (including phenoxy) is 1. The number of amides is 3. The third-order valence-corrected chi connectivity index (χ3v) is 8.21. The van der Waals surface area contributed by atoms with E-state index in [1.54, 1.807) is 105 Å². The van der Waals surface area contributed by atoms with Crippen LogP contribution in [0.5, 0.6) is 5.75 Å². The maximum atomic E-state index is 13.5. The number of anilines is 2. The minimum atomic E-state index is -0.536. The van der Waals surface area contributed by atoms with Gasteiger partial charge in [0.05, 0.1) is 24.2 Å². The van der Waals surface area contributed by atoms with Crippen molar-refractivity contribution in [2.75, 3.05) is 23.5 Å². The minimum absolute atomic E-state index is 0.0314. The van der Waals surface area contributed by atoms with Gasteiger partial charge in [0.15, 0.2) is 0 Å². The van der Waals surface area contributed by atoms with Crippen LogP contribution in [-0.2, 0) is 16.6 Å². The number of carbonyl (C=O) groups excluding carboxylic acids is 3. The number of nitrogens with one attached hydrogen (secondary N) is 3. The van der Waals surface area contributed by atoms with Gasteiger partial charge in [0.1, 0.15) is 17.1 Å². The zero-order valence-corrected chi connectivity index (χ0v) is 26.8. The number of benzene rings is 4. The van der Waals surface area contributed by atoms with Gasteiger partial charge in [-0.2, -0.15) is 0 Å². The molecular weight excluding hydrogens is 614 g/mol. The molecule has 11 heteroatoms. The van der Waals surface area contributed by atoms with Gasteiger partial charge in [-0.25, -0.2) is 4.68 Å². The van der Waals surface area contributed by atoms with Crippen LogP contribution in [0.15, 0.2) is 125 Å². The van der Waals surface area contributed by atoms with Gasteiger partial charge in [-0.05, 0) is 73.2 Å². The number of thioether (sulfide) groups is 1. The molecule has 3 amide bonds. The fraction of sp³-hybridized carbons (Fsp3) is 0.111. The molecule has 10 nitrogen and oxygen atoms in total. The molecule has 0 saturated carbocycles. The van der Waals surface area contributed by atoms with Crippen LogP contribution in [0.1, 0.15) is 21.6 Å². The number of aromatic nitrogens is 2. The Bertz CT molecular complexity index is 2000. The van der Waals surface area contributed by atoms with E-state index in [0.29, 0.717) is 33.9 Å². The Morgan fingerprint density at radius 1 is 0.851 bits per heavy atom. The van der Waals surface area contributed by atoms with Crippen molar-refractivity contribution in [2.45, 2.75) is 11.8 Å². The van der Waals surface area contributed by atoms with Gasteiger partial charge < -0.3 is 20.7 Å². The zero-order chi connectivity index (χ0) is 33.3. The van der Waals surface area contributed by atoms with Crippen molar-refractivity contribution in [3.05, 3.63) is 142 Å². The van der Waals surface area contributed by atoms with Gasteiger partial charge in [-0.1, -0.05) is 54.6 Å². The Morgan fingerprint density at radius 2 is 1.55 bits per heavy atom. The summed E-state index contributed by atoms with van der Waals surface area (Å²) in [5.41, 5.74) is 2.77. The number of nitrogens with zero attached hydrogens (tertiary/aromatic N) is 2. The Kier molecular flexibility index (Phi) is 10.4. The second-order valence-corrected chi connectivity index (χ2v) is 11.5. The number of carbonyl (C=O) groups is 3. The molecule has 0 aliphatic rings. The fourth-order valence-corrected chi connectivity index (χ4v) is 5.49. The van der Waals surface area contributed by atoms with Crippen molar-refractivity contribution < 1.29 is 19.1 Å². The summed E-state index contributed by atoms with van der Waals surface area (Å²) in [4.78, 5) is 53.3. The Labute approximate surface area is 276 Å². The first-order valence-corrected chi connectivity index (χ1v) is 15.6. The average Bonchev–Trinajstić information content (AvgIpc) is 3.30. The molecule has 0 aliphatic carbocycles. The molecule has 0 aliphatic heterocycles. The smallest absolute Gasteiger partial charge is 0.295 e. The SMILES string of the molecule is COc1cccc(/C=C(\NC(=O)c2ccccc2)C(=O)Nc2cccc(SCC(=O)Nc3c(C)n(C)n(-c4ccccc4)c3=O)c2)c1. The van der Waals surface area contributed by atoms with E-state index >= 15 is 0 Å². The van der Waals surface area contributed by atoms with Crippen LogP contribution in [0.3, 0.4) is 0 Å². The van der Waals surface area contributed by atoms with Crippen molar-refractivity contribution in [3.8, 4) is 11.4 Å². The summed E-state index contributed by atoms with van der Waals surface area (Å²) in [5.74, 6) is -0.681. The molecule has 1 heterocycles. The molecule has 0 atom stereocenters. The van der Waals surface area contributed by atoms with Crippen LogP contribution in [0.4, 0.5) is 11.4 Å². The normalized spacial score (nSPS) is 11.1. The van der Waals surface area contributed by atoms with Crippen molar-refractivity contribution in [2.24, 2.45) is 7.05 Å². The van der Waals surface area contributed by atoms with Gasteiger partial charge in [0.2, 0.25) is 5.91 Å². The van der Waals surface area contributed by atoms with E-state index < -0.39 is 11.8 Å². The molecule has 0 fully saturated rings. The Morgan fingerprint density at radius 3 is 2.28 bits per heavy atom. The molecule has 4 aromatic carbocycles. The third kappa shape index (κ3) is 8.08. The predicted molar refractivity (Wildman–Crippen MR) is 185 cm³/mol. The first-order valence-electron chi connectivity index (χ1n) is 14.6. The quantitative estimate of drug-likeness (QED) is 0.126. The molecule has 3 N–H and O–H groups in total. The first-order chi connectivity index (χ1) is 22.7. The van der Waals surface area contributed by atoms with Crippen molar-refractivity contribution in [1.29, 1.82) is 0 Å². The van der Waals surface area contributed by atoms with Crippen molar-refractivity contribution in [1.82, 2.24) is 14.7 Å². The van der Waals surface area contributed by atoms with Gasteiger partial charge in [0, 0.05) is 23.2 Å². The van der Waals surface area contributed by atoms with E-state index in [1.807, 2.05) is 36.4 Å². The highest BCUT2D eigenvalue weighted by Crippen LogP contribution is 2.23. The molecule has 5 rings (SSSR count). The number of rotatable bonds is 11. The van der Waals surface area contributed by atoms with Gasteiger partial charge in [0.25, 0.3) is 17.4 Å². The van der Waals surface area contributed by atoms with E-state index in [2.05, 4.69) is 16.0 Å². The maximum absolute atomic E-state index is 13.5. The van der Waals surface area contributed by atoms with Gasteiger partial charge >= 0.3 is 0 Å². The standard InChI is InChI=1S/C36H33N5O5S/c1-24-33(36(45)41(40(24)2)28-16-8-5-9-17-28)39-32(42)23-47-30-19-11-15-27(22-30)37-35(44)31(21-25-12-10-18-29(20-25)46-3)38-34(43)26-13-6-4-7-14-26/h4-22H,23H2,1-3H3,(H,37,44)(H,38,43)(H,39,42)/b31-21-. The predicted octanol–water partition coefficient (Wildman–Crippen LogP) is 5.63. The maximum Gasteiger partial charge on any atom is 0.295 e. The van der Waals surface area contributed by atoms with Crippen LogP contribution in [0.2, 0.25) is 0 Å². The lowest BCUT2D eigenvalue weighted by Gasteiger charge is -2.12. The summed E-state index contributed by atoms with van der Waals surface area (Å²) in [6.45, 7) is 1.77. The molecule has 0 unspecified atom stereocenters. The molecular formula is C36H33N5O5S. The summed E-state index contributed by atoms with van der Waals surface area (Å²) in [5, 5.41) is 8.33. The molecule has 5 aromatic rings. The van der Waals surface area contributed by atoms with Crippen LogP contribution in [-0.4, -0.2) is 39.9 Å². The van der Waals surface area contributed by atoms with E-state index in [0.717, 1.165) is 4.90 Å². The Balaban J connectivity index is 1.28. The van der Waals surface area contributed by atoms with E-state index in [1.165, 1.54) is 16.4 Å². The summed E-state index contributed by atoms with van der Waals surface area (Å²) in [7, 11) is 3.31. The first kappa shape index (κ1) is 32.6. The topological polar surface area (TPSA) is 123 Å². The molecule has 0 spiro atoms. The molecule has 47 heavy (non-hydrogen) atoms. The molecule has 0 bridgehead atoms. The lowest BCUT2D eigenvalue weighted by Crippen LogP contribution is -2.30. The Hall–Kier alpha value is -5.81. The average molecular weight is 648 g/mol. The largest absolute Gasteiger partial charge is 0.497 e. The molecule has 238 valence electrons. The highest BCUT2D eigenvalue weighted by molar-refractivity contribution is 8.00. The fourth-order valence-electron chi connectivity index (χ4n) is 4.74. The summed E-state index contributed by atoms with van der Waals surface area (Å²) in [6.07, 6.45) is 1.57. The van der Waals surface area contributed by atoms with Crippen molar-refractivity contribution >= 4 is 46.9 Å². The lowest BCUT2D eigenvalue weighted by atomic mass is 10.1. The third-order valence-electron chi connectivity index (χ3n) is 7.21. The highest BCUT2D eigenvalue weighted by atomic mass is 32.2. The second kappa shape index (κ2) is 15.0. The van der Waals surface area contributed by atoms with Gasteiger partial charge in [-0.15, -0.1) is 11.8 Å². The molecule has 0 saturated heterocycles. The van der Waals surface area contributed by atoms with Crippen LogP contribution >= 0.6 is 11.8 Å². The highest BCUT2D eigenvalue weighted by Gasteiger charge is 2.19. The molecule has 0 radical (unpaired) electrons. The number of hydrogen-bond acceptors (Lipinski definition) is 6. The summed E-state index contributed by atoms with van der Waals surface area (Å²) >= 11 is 1.25. The van der Waals surface area contributed by atoms with Crippen molar-refractivity contribution in [3.63, 3.8) is 0 Å². The van der Waals surface area contributed by atoms with Crippen LogP contribution in [0, 0.1) is 6.92 Å². The summed E-state index contributed by atoms with van der Waals surface area (Å²) < 4.78 is 8.50.